The fourth-order valence-electron chi connectivity index (χ4n) is 0.915. The van der Waals surface area contributed by atoms with Gasteiger partial charge >= 0.3 is 0 Å². The Hall–Kier alpha value is -0.310. The molecule has 13 heavy (non-hydrogen) atoms. The smallest absolute Gasteiger partial charge is 0.0746 e. The van der Waals surface area contributed by atoms with Crippen molar-refractivity contribution in [2.75, 3.05) is 6.61 Å². The highest BCUT2D eigenvalue weighted by atomic mass is 79.9. The molecule has 0 aromatic heterocycles. The molecule has 0 radical (unpaired) electrons. The Morgan fingerprint density at radius 2 is 2.31 bits per heavy atom. The fourth-order valence-corrected chi connectivity index (χ4v) is 1.74. The second-order valence-electron chi connectivity index (χ2n) is 2.50. The molecule has 1 aromatic rings. The molecular weight excluding hydrogens is 251 g/mol. The summed E-state index contributed by atoms with van der Waals surface area (Å²) in [5.41, 5.74) is 0.978. The molecule has 0 aliphatic carbocycles. The van der Waals surface area contributed by atoms with Crippen molar-refractivity contribution in [3.63, 3.8) is 0 Å². The lowest BCUT2D eigenvalue weighted by Gasteiger charge is -2.06. The van der Waals surface area contributed by atoms with Gasteiger partial charge < -0.3 is 4.74 Å². The third-order valence-electron chi connectivity index (χ3n) is 1.54. The van der Waals surface area contributed by atoms with E-state index in [1.165, 1.54) is 0 Å². The van der Waals surface area contributed by atoms with Crippen molar-refractivity contribution >= 4 is 27.5 Å². The summed E-state index contributed by atoms with van der Waals surface area (Å²) in [4.78, 5) is 0. The van der Waals surface area contributed by atoms with Gasteiger partial charge in [0.2, 0.25) is 0 Å². The second-order valence-corrected chi connectivity index (χ2v) is 3.77. The van der Waals surface area contributed by atoms with Crippen LogP contribution in [0.5, 0.6) is 0 Å². The van der Waals surface area contributed by atoms with Crippen LogP contribution < -0.4 is 0 Å². The average Bonchev–Trinajstić information content (AvgIpc) is 2.10. The van der Waals surface area contributed by atoms with Gasteiger partial charge in [0.1, 0.15) is 0 Å². The molecule has 1 nitrogen and oxygen atoms in total. The molecule has 0 heterocycles. The topological polar surface area (TPSA) is 9.23 Å². The maximum absolute atomic E-state index is 5.97. The molecule has 3 heteroatoms. The molecule has 0 saturated carbocycles. The summed E-state index contributed by atoms with van der Waals surface area (Å²) < 4.78 is 6.27. The minimum atomic E-state index is 0.506. The Morgan fingerprint density at radius 3 is 2.92 bits per heavy atom. The van der Waals surface area contributed by atoms with E-state index < -0.39 is 0 Å². The number of hydrogen-bond donors (Lipinski definition) is 0. The molecule has 0 spiro atoms. The molecular formula is C10H10BrClO. The van der Waals surface area contributed by atoms with Crippen LogP contribution in [0.2, 0.25) is 5.02 Å². The van der Waals surface area contributed by atoms with E-state index >= 15 is 0 Å². The van der Waals surface area contributed by atoms with Crippen LogP contribution in [-0.4, -0.2) is 6.61 Å². The van der Waals surface area contributed by atoms with E-state index in [1.807, 2.05) is 18.2 Å². The van der Waals surface area contributed by atoms with E-state index in [2.05, 4.69) is 22.5 Å². The Balaban J connectivity index is 2.69. The predicted octanol–water partition coefficient (Wildman–Crippen LogP) is 3.81. The van der Waals surface area contributed by atoms with Crippen LogP contribution in [0.4, 0.5) is 0 Å². The largest absolute Gasteiger partial charge is 0.373 e. The van der Waals surface area contributed by atoms with Crippen LogP contribution in [0.15, 0.2) is 35.3 Å². The SMILES string of the molecule is C=CCOCc1c(Cl)cccc1Br. The van der Waals surface area contributed by atoms with Crippen LogP contribution in [0, 0.1) is 0 Å². The molecule has 0 amide bonds. The van der Waals surface area contributed by atoms with Gasteiger partial charge in [-0.2, -0.15) is 0 Å². The Labute approximate surface area is 91.5 Å². The Kier molecular flexibility index (Phi) is 4.50. The number of hydrogen-bond acceptors (Lipinski definition) is 1. The van der Waals surface area contributed by atoms with E-state index in [9.17, 15) is 0 Å². The van der Waals surface area contributed by atoms with Gasteiger partial charge in [-0.3, -0.25) is 0 Å². The van der Waals surface area contributed by atoms with Crippen molar-refractivity contribution in [2.45, 2.75) is 6.61 Å². The molecule has 0 aliphatic heterocycles. The van der Waals surface area contributed by atoms with Gasteiger partial charge in [0.15, 0.2) is 0 Å². The number of halogens is 2. The summed E-state index contributed by atoms with van der Waals surface area (Å²) >= 11 is 9.38. The van der Waals surface area contributed by atoms with Crippen molar-refractivity contribution in [2.24, 2.45) is 0 Å². The van der Waals surface area contributed by atoms with Crippen molar-refractivity contribution in [3.05, 3.63) is 45.9 Å². The van der Waals surface area contributed by atoms with E-state index in [0.29, 0.717) is 13.2 Å². The van der Waals surface area contributed by atoms with E-state index in [0.717, 1.165) is 15.1 Å². The monoisotopic (exact) mass is 260 g/mol. The van der Waals surface area contributed by atoms with Crippen molar-refractivity contribution in [3.8, 4) is 0 Å². The van der Waals surface area contributed by atoms with E-state index in [-0.39, 0.29) is 0 Å². The molecule has 1 rings (SSSR count). The summed E-state index contributed by atoms with van der Waals surface area (Å²) in [6.07, 6.45) is 1.71. The average molecular weight is 262 g/mol. The summed E-state index contributed by atoms with van der Waals surface area (Å²) in [6.45, 7) is 4.61. The zero-order valence-corrected chi connectivity index (χ0v) is 9.44. The third kappa shape index (κ3) is 3.14. The summed E-state index contributed by atoms with van der Waals surface area (Å²) in [7, 11) is 0. The van der Waals surface area contributed by atoms with Gasteiger partial charge in [0.25, 0.3) is 0 Å². The molecule has 0 atom stereocenters. The first-order valence-corrected chi connectivity index (χ1v) is 5.04. The number of rotatable bonds is 4. The zero-order chi connectivity index (χ0) is 9.68. The van der Waals surface area contributed by atoms with Crippen LogP contribution in [-0.2, 0) is 11.3 Å². The molecule has 1 aromatic carbocycles. The minimum absolute atomic E-state index is 0.506. The predicted molar refractivity (Wildman–Crippen MR) is 59.0 cm³/mol. The van der Waals surface area contributed by atoms with Crippen LogP contribution in [0.3, 0.4) is 0 Å². The lowest BCUT2D eigenvalue weighted by atomic mass is 10.2. The summed E-state index contributed by atoms with van der Waals surface area (Å²) in [5, 5.41) is 0.721. The normalized spacial score (nSPS) is 10.0. The Bertz CT molecular complexity index is 279. The first kappa shape index (κ1) is 10.8. The van der Waals surface area contributed by atoms with Gasteiger partial charge in [-0.05, 0) is 12.1 Å². The van der Waals surface area contributed by atoms with Gasteiger partial charge in [0, 0.05) is 15.1 Å². The molecule has 70 valence electrons. The van der Waals surface area contributed by atoms with Crippen LogP contribution >= 0.6 is 27.5 Å². The maximum atomic E-state index is 5.97. The fraction of sp³-hybridized carbons (Fsp3) is 0.200. The second kappa shape index (κ2) is 5.43. The van der Waals surface area contributed by atoms with Gasteiger partial charge in [-0.1, -0.05) is 39.7 Å². The van der Waals surface area contributed by atoms with E-state index in [1.54, 1.807) is 6.08 Å². The van der Waals surface area contributed by atoms with Crippen molar-refractivity contribution in [1.82, 2.24) is 0 Å². The zero-order valence-electron chi connectivity index (χ0n) is 7.09. The Morgan fingerprint density at radius 1 is 1.54 bits per heavy atom. The molecule has 0 unspecified atom stereocenters. The summed E-state index contributed by atoms with van der Waals surface area (Å²) in [6, 6.07) is 5.68. The molecule has 0 fully saturated rings. The molecule has 0 saturated heterocycles. The molecule has 0 N–H and O–H groups in total. The van der Waals surface area contributed by atoms with Crippen molar-refractivity contribution in [1.29, 1.82) is 0 Å². The van der Waals surface area contributed by atoms with Gasteiger partial charge in [0.05, 0.1) is 13.2 Å². The van der Waals surface area contributed by atoms with Gasteiger partial charge in [-0.15, -0.1) is 6.58 Å². The maximum Gasteiger partial charge on any atom is 0.0746 e. The first-order valence-electron chi connectivity index (χ1n) is 3.87. The molecule has 0 bridgehead atoms. The number of ether oxygens (including phenoxy) is 1. The highest BCUT2D eigenvalue weighted by Gasteiger charge is 2.03. The summed E-state index contributed by atoms with van der Waals surface area (Å²) in [5.74, 6) is 0. The van der Waals surface area contributed by atoms with Crippen LogP contribution in [0.25, 0.3) is 0 Å². The minimum Gasteiger partial charge on any atom is -0.373 e. The third-order valence-corrected chi connectivity index (χ3v) is 2.64. The quantitative estimate of drug-likeness (QED) is 0.592. The van der Waals surface area contributed by atoms with E-state index in [4.69, 9.17) is 16.3 Å². The van der Waals surface area contributed by atoms with Crippen molar-refractivity contribution < 1.29 is 4.74 Å². The molecule has 0 aliphatic rings. The standard InChI is InChI=1S/C10H10BrClO/c1-2-6-13-7-8-9(11)4-3-5-10(8)12/h2-5H,1,6-7H2. The highest BCUT2D eigenvalue weighted by Crippen LogP contribution is 2.25. The van der Waals surface area contributed by atoms with Gasteiger partial charge in [-0.25, -0.2) is 0 Å². The lowest BCUT2D eigenvalue weighted by Crippen LogP contribution is -1.94. The van der Waals surface area contributed by atoms with Crippen LogP contribution in [0.1, 0.15) is 5.56 Å². The highest BCUT2D eigenvalue weighted by molar-refractivity contribution is 9.10. The first-order chi connectivity index (χ1) is 6.25. The lowest BCUT2D eigenvalue weighted by molar-refractivity contribution is 0.148. The number of benzene rings is 1.